The van der Waals surface area contributed by atoms with E-state index in [1.165, 1.54) is 43.6 Å². The number of anilines is 1. The summed E-state index contributed by atoms with van der Waals surface area (Å²) in [7, 11) is 4.57. The number of benzene rings is 1. The number of carbonyl (C=O) groups excluding carboxylic acids is 1. The smallest absolute Gasteiger partial charge is 0.255 e. The number of rotatable bonds is 4. The van der Waals surface area contributed by atoms with Crippen LogP contribution in [0.5, 0.6) is 11.5 Å². The van der Waals surface area contributed by atoms with Gasteiger partial charge in [-0.1, -0.05) is 0 Å². The molecule has 0 saturated heterocycles. The number of carbonyl (C=O) groups is 1. The van der Waals surface area contributed by atoms with Crippen LogP contribution in [0.15, 0.2) is 42.4 Å². The van der Waals surface area contributed by atoms with Gasteiger partial charge in [-0.05, 0) is 24.3 Å². The van der Waals surface area contributed by atoms with E-state index < -0.39 is 12.1 Å². The minimum absolute atomic E-state index is 0.0478. The Kier molecular flexibility index (Phi) is 4.68. The van der Waals surface area contributed by atoms with Crippen LogP contribution in [0.1, 0.15) is 15.9 Å². The highest BCUT2D eigenvalue weighted by Crippen LogP contribution is 2.45. The molecule has 0 spiro atoms. The van der Waals surface area contributed by atoms with Crippen molar-refractivity contribution in [2.45, 2.75) is 6.23 Å². The standard InChI is InChI=1S/C18H19N3O5/c1-21-11-4-5-12(25-2)16(26-3)13(11)15(22)14(18(21)24)20-17(23)10-6-8-19-9-7-10/h4-9,18,22,24H,1-3H3,(H,20,23). The Bertz CT molecular complexity index is 867. The number of amides is 1. The number of hydrogen-bond acceptors (Lipinski definition) is 7. The van der Waals surface area contributed by atoms with Crippen LogP contribution >= 0.6 is 0 Å². The molecule has 136 valence electrons. The summed E-state index contributed by atoms with van der Waals surface area (Å²) in [5, 5.41) is 23.9. The van der Waals surface area contributed by atoms with E-state index in [0.29, 0.717) is 28.3 Å². The predicted octanol–water partition coefficient (Wildman–Crippen LogP) is 1.52. The molecule has 1 atom stereocenters. The van der Waals surface area contributed by atoms with Gasteiger partial charge in [0.2, 0.25) is 0 Å². The van der Waals surface area contributed by atoms with Crippen molar-refractivity contribution in [3.05, 3.63) is 53.5 Å². The molecule has 0 radical (unpaired) electrons. The van der Waals surface area contributed by atoms with E-state index in [9.17, 15) is 15.0 Å². The number of likely N-dealkylation sites (N-methyl/N-ethyl adjacent to an activating group) is 1. The average Bonchev–Trinajstić information content (AvgIpc) is 2.68. The van der Waals surface area contributed by atoms with E-state index >= 15 is 0 Å². The Morgan fingerprint density at radius 1 is 1.19 bits per heavy atom. The van der Waals surface area contributed by atoms with Crippen LogP contribution in [0.4, 0.5) is 5.69 Å². The van der Waals surface area contributed by atoms with Gasteiger partial charge in [-0.15, -0.1) is 0 Å². The maximum absolute atomic E-state index is 12.4. The third kappa shape index (κ3) is 2.80. The third-order valence-corrected chi connectivity index (χ3v) is 4.21. The first-order chi connectivity index (χ1) is 12.5. The molecule has 1 unspecified atom stereocenters. The van der Waals surface area contributed by atoms with Crippen molar-refractivity contribution in [3.8, 4) is 11.5 Å². The van der Waals surface area contributed by atoms with E-state index in [2.05, 4.69) is 10.3 Å². The first kappa shape index (κ1) is 17.6. The lowest BCUT2D eigenvalue weighted by Crippen LogP contribution is -2.43. The number of hydrogen-bond donors (Lipinski definition) is 3. The second-order valence-corrected chi connectivity index (χ2v) is 5.63. The van der Waals surface area contributed by atoms with E-state index in [0.717, 1.165) is 0 Å². The fourth-order valence-corrected chi connectivity index (χ4v) is 2.84. The molecule has 3 rings (SSSR count). The van der Waals surface area contributed by atoms with Gasteiger partial charge in [0, 0.05) is 25.0 Å². The van der Waals surface area contributed by atoms with Gasteiger partial charge in [0.1, 0.15) is 5.70 Å². The first-order valence-electron chi connectivity index (χ1n) is 7.80. The molecule has 1 aromatic carbocycles. The third-order valence-electron chi connectivity index (χ3n) is 4.21. The zero-order chi connectivity index (χ0) is 18.8. The Hall–Kier alpha value is -3.26. The number of nitrogens with one attached hydrogen (secondary N) is 1. The van der Waals surface area contributed by atoms with Crippen LogP contribution in [-0.4, -0.2) is 48.6 Å². The largest absolute Gasteiger partial charge is 0.505 e. The van der Waals surface area contributed by atoms with Crippen LogP contribution in [0.25, 0.3) is 5.76 Å². The van der Waals surface area contributed by atoms with Crippen LogP contribution in [0, 0.1) is 0 Å². The SMILES string of the molecule is COc1ccc2c(c1OC)C(O)=C(NC(=O)c1ccncc1)C(O)N2C. The molecule has 1 aromatic heterocycles. The molecule has 0 aliphatic carbocycles. The second-order valence-electron chi connectivity index (χ2n) is 5.63. The number of methoxy groups -OCH3 is 2. The summed E-state index contributed by atoms with van der Waals surface area (Å²) in [4.78, 5) is 17.8. The van der Waals surface area contributed by atoms with Gasteiger partial charge in [-0.3, -0.25) is 9.78 Å². The van der Waals surface area contributed by atoms with Crippen molar-refractivity contribution in [2.75, 3.05) is 26.2 Å². The lowest BCUT2D eigenvalue weighted by atomic mass is 10.0. The molecule has 1 amide bonds. The van der Waals surface area contributed by atoms with E-state index in [-0.39, 0.29) is 11.5 Å². The van der Waals surface area contributed by atoms with Crippen molar-refractivity contribution in [3.63, 3.8) is 0 Å². The molecular weight excluding hydrogens is 338 g/mol. The van der Waals surface area contributed by atoms with Crippen LogP contribution < -0.4 is 19.7 Å². The summed E-state index contributed by atoms with van der Waals surface area (Å²) < 4.78 is 10.6. The predicted molar refractivity (Wildman–Crippen MR) is 95.2 cm³/mol. The topological polar surface area (TPSA) is 104 Å². The van der Waals surface area contributed by atoms with Gasteiger partial charge in [0.25, 0.3) is 5.91 Å². The van der Waals surface area contributed by atoms with Crippen molar-refractivity contribution in [1.82, 2.24) is 10.3 Å². The number of pyridine rings is 1. The van der Waals surface area contributed by atoms with Gasteiger partial charge < -0.3 is 29.9 Å². The summed E-state index contributed by atoms with van der Waals surface area (Å²) in [6.07, 6.45) is 1.72. The first-order valence-corrected chi connectivity index (χ1v) is 7.80. The maximum Gasteiger partial charge on any atom is 0.255 e. The minimum atomic E-state index is -1.24. The molecule has 1 aliphatic heterocycles. The molecule has 0 saturated carbocycles. The number of ether oxygens (including phenoxy) is 2. The van der Waals surface area contributed by atoms with Gasteiger partial charge in [0.05, 0.1) is 25.5 Å². The summed E-state index contributed by atoms with van der Waals surface area (Å²) >= 11 is 0. The van der Waals surface area contributed by atoms with Crippen molar-refractivity contribution < 1.29 is 24.5 Å². The molecule has 1 aliphatic rings. The highest BCUT2D eigenvalue weighted by molar-refractivity contribution is 5.97. The molecule has 8 nitrogen and oxygen atoms in total. The number of aliphatic hydroxyl groups excluding tert-OH is 2. The summed E-state index contributed by atoms with van der Waals surface area (Å²) in [6, 6.07) is 6.43. The lowest BCUT2D eigenvalue weighted by molar-refractivity contribution is 0.0945. The summed E-state index contributed by atoms with van der Waals surface area (Å²) in [5.41, 5.74) is 1.16. The molecular formula is C18H19N3O5. The normalized spacial score (nSPS) is 16.2. The Morgan fingerprint density at radius 2 is 1.88 bits per heavy atom. The molecule has 26 heavy (non-hydrogen) atoms. The number of aromatic nitrogens is 1. The molecule has 3 N–H and O–H groups in total. The van der Waals surface area contributed by atoms with Gasteiger partial charge in [-0.2, -0.15) is 0 Å². The lowest BCUT2D eigenvalue weighted by Gasteiger charge is -2.35. The van der Waals surface area contributed by atoms with Crippen LogP contribution in [-0.2, 0) is 0 Å². The van der Waals surface area contributed by atoms with Crippen molar-refractivity contribution in [1.29, 1.82) is 0 Å². The quantitative estimate of drug-likeness (QED) is 0.762. The Labute approximate surface area is 150 Å². The fraction of sp³-hybridized carbons (Fsp3) is 0.222. The molecule has 8 heteroatoms. The molecule has 2 aromatic rings. The second kappa shape index (κ2) is 6.93. The number of fused-ring (bicyclic) bond motifs is 1. The molecule has 0 bridgehead atoms. The average molecular weight is 357 g/mol. The van der Waals surface area contributed by atoms with Crippen LogP contribution in [0.2, 0.25) is 0 Å². The zero-order valence-corrected chi connectivity index (χ0v) is 14.6. The number of nitrogens with zero attached hydrogens (tertiary/aromatic N) is 2. The van der Waals surface area contributed by atoms with Gasteiger partial charge in [0.15, 0.2) is 23.5 Å². The maximum atomic E-state index is 12.4. The number of aliphatic hydroxyl groups is 2. The molecule has 0 fully saturated rings. The van der Waals surface area contributed by atoms with Gasteiger partial charge >= 0.3 is 0 Å². The van der Waals surface area contributed by atoms with Crippen LogP contribution in [0.3, 0.4) is 0 Å². The van der Waals surface area contributed by atoms with Crippen molar-refractivity contribution in [2.24, 2.45) is 0 Å². The minimum Gasteiger partial charge on any atom is -0.505 e. The van der Waals surface area contributed by atoms with E-state index in [1.807, 2.05) is 0 Å². The zero-order valence-electron chi connectivity index (χ0n) is 14.6. The highest BCUT2D eigenvalue weighted by atomic mass is 16.5. The molecule has 2 heterocycles. The highest BCUT2D eigenvalue weighted by Gasteiger charge is 2.34. The summed E-state index contributed by atoms with van der Waals surface area (Å²) in [6.45, 7) is 0. The monoisotopic (exact) mass is 357 g/mol. The fourth-order valence-electron chi connectivity index (χ4n) is 2.84. The van der Waals surface area contributed by atoms with E-state index in [4.69, 9.17) is 9.47 Å². The van der Waals surface area contributed by atoms with Crippen molar-refractivity contribution >= 4 is 17.4 Å². The Balaban J connectivity index is 2.09. The van der Waals surface area contributed by atoms with E-state index in [1.54, 1.807) is 19.2 Å². The van der Waals surface area contributed by atoms with Gasteiger partial charge in [-0.25, -0.2) is 0 Å². The summed E-state index contributed by atoms with van der Waals surface area (Å²) in [5.74, 6) is -0.0465. The Morgan fingerprint density at radius 3 is 2.50 bits per heavy atom.